The van der Waals surface area contributed by atoms with Gasteiger partial charge in [0, 0.05) is 10.6 Å². The maximum Gasteiger partial charge on any atom is 1.00 e. The Balaban J connectivity index is 0.00000200. The minimum absolute atomic E-state index is 0. The molecule has 1 saturated heterocycles. The zero-order valence-corrected chi connectivity index (χ0v) is 13.5. The Morgan fingerprint density at radius 1 is 1.30 bits per heavy atom. The maximum atomic E-state index is 12.1. The van der Waals surface area contributed by atoms with E-state index in [4.69, 9.17) is 5.73 Å². The summed E-state index contributed by atoms with van der Waals surface area (Å²) in [4.78, 5) is 0.129. The van der Waals surface area contributed by atoms with E-state index in [2.05, 4.69) is 15.4 Å². The van der Waals surface area contributed by atoms with Crippen LogP contribution in [0, 0.1) is 0 Å². The molecule has 8 heteroatoms. The van der Waals surface area contributed by atoms with E-state index >= 15 is 0 Å². The molecule has 3 N–H and O–H groups in total. The first-order valence-corrected chi connectivity index (χ1v) is 7.59. The molecule has 116 valence electrons. The molecule has 0 amide bonds. The standard InChI is InChI=1S/C12H18N4O2S.Ag/c1-8-7-9(2)15-12(14-8)16-19(17,18)11-5-3-10(13)4-6-11;/h3-6,8-9,12,14H,7,13H2,1-2H3;/q-2;+1. The number of nitrogen functional groups attached to an aromatic ring is 1. The number of sulfonamides is 1. The summed E-state index contributed by atoms with van der Waals surface area (Å²) in [6, 6.07) is 6.28. The average molecular weight is 390 g/mol. The van der Waals surface area contributed by atoms with E-state index in [-0.39, 0.29) is 39.4 Å². The fourth-order valence-corrected chi connectivity index (χ4v) is 3.05. The molecule has 1 aromatic rings. The summed E-state index contributed by atoms with van der Waals surface area (Å²) in [7, 11) is -3.71. The summed E-state index contributed by atoms with van der Waals surface area (Å²) < 4.78 is 28.1. The monoisotopic (exact) mass is 389 g/mol. The van der Waals surface area contributed by atoms with Crippen molar-refractivity contribution in [3.8, 4) is 0 Å². The summed E-state index contributed by atoms with van der Waals surface area (Å²) >= 11 is 0. The third kappa shape index (κ3) is 4.56. The first-order chi connectivity index (χ1) is 8.87. The molecule has 6 nitrogen and oxygen atoms in total. The van der Waals surface area contributed by atoms with Crippen molar-refractivity contribution in [2.45, 2.75) is 43.5 Å². The van der Waals surface area contributed by atoms with Crippen molar-refractivity contribution < 1.29 is 30.8 Å². The van der Waals surface area contributed by atoms with Crippen LogP contribution in [0.3, 0.4) is 0 Å². The third-order valence-electron chi connectivity index (χ3n) is 2.94. The van der Waals surface area contributed by atoms with Crippen LogP contribution in [-0.2, 0) is 32.4 Å². The molecule has 1 aliphatic heterocycles. The molecule has 1 fully saturated rings. The Kier molecular flexibility index (Phi) is 6.21. The van der Waals surface area contributed by atoms with Gasteiger partial charge in [0.25, 0.3) is 0 Å². The average Bonchev–Trinajstić information content (AvgIpc) is 2.27. The predicted octanol–water partition coefficient (Wildman–Crippen LogP) is 1.76. The molecule has 1 aromatic carbocycles. The van der Waals surface area contributed by atoms with Crippen molar-refractivity contribution in [1.82, 2.24) is 5.32 Å². The van der Waals surface area contributed by atoms with Crippen LogP contribution in [0.25, 0.3) is 10.0 Å². The normalized spacial score (nSPS) is 26.8. The van der Waals surface area contributed by atoms with Gasteiger partial charge in [0.2, 0.25) is 0 Å². The van der Waals surface area contributed by atoms with Crippen LogP contribution in [0.5, 0.6) is 0 Å². The van der Waals surface area contributed by atoms with Crippen LogP contribution in [0.15, 0.2) is 29.2 Å². The predicted molar refractivity (Wildman–Crippen MR) is 75.2 cm³/mol. The van der Waals surface area contributed by atoms with Gasteiger partial charge in [-0.05, 0) is 37.2 Å². The molecule has 1 aliphatic rings. The summed E-state index contributed by atoms with van der Waals surface area (Å²) in [5, 5.41) is 7.33. The van der Waals surface area contributed by atoms with Crippen LogP contribution >= 0.6 is 0 Å². The Labute approximate surface area is 135 Å². The van der Waals surface area contributed by atoms with Gasteiger partial charge in [-0.1, -0.05) is 13.3 Å². The minimum atomic E-state index is -3.71. The Bertz CT molecular complexity index is 525. The molecule has 2 rings (SSSR count). The summed E-state index contributed by atoms with van der Waals surface area (Å²) in [6.07, 6.45) is 0.176. The molecule has 3 atom stereocenters. The number of benzene rings is 1. The smallest absolute Gasteiger partial charge is 0.663 e. The number of hydrogen-bond acceptors (Lipinski definition) is 4. The fraction of sp³-hybridized carbons (Fsp3) is 0.500. The Morgan fingerprint density at radius 3 is 2.45 bits per heavy atom. The summed E-state index contributed by atoms with van der Waals surface area (Å²) in [6.45, 7) is 3.94. The molecule has 3 unspecified atom stereocenters. The van der Waals surface area contributed by atoms with Crippen molar-refractivity contribution in [2.75, 3.05) is 5.73 Å². The quantitative estimate of drug-likeness (QED) is 0.607. The topological polar surface area (TPSA) is 100 Å². The number of nitrogens with two attached hydrogens (primary N) is 1. The van der Waals surface area contributed by atoms with E-state index < -0.39 is 16.3 Å². The first kappa shape index (κ1) is 17.6. The van der Waals surface area contributed by atoms with Gasteiger partial charge in [-0.2, -0.15) is 6.29 Å². The number of anilines is 1. The van der Waals surface area contributed by atoms with Gasteiger partial charge in [-0.25, -0.2) is 8.42 Å². The van der Waals surface area contributed by atoms with Crippen molar-refractivity contribution in [3.63, 3.8) is 0 Å². The van der Waals surface area contributed by atoms with E-state index in [1.807, 2.05) is 13.8 Å². The third-order valence-corrected chi connectivity index (χ3v) is 4.29. The molecule has 0 spiro atoms. The van der Waals surface area contributed by atoms with Gasteiger partial charge in [0.1, 0.15) is 10.0 Å². The van der Waals surface area contributed by atoms with Gasteiger partial charge in [-0.3, -0.25) is 0 Å². The Morgan fingerprint density at radius 2 is 1.90 bits per heavy atom. The van der Waals surface area contributed by atoms with Crippen LogP contribution in [-0.4, -0.2) is 26.8 Å². The van der Waals surface area contributed by atoms with Crippen LogP contribution in [0.1, 0.15) is 20.3 Å². The summed E-state index contributed by atoms with van der Waals surface area (Å²) in [5.74, 6) is 0. The van der Waals surface area contributed by atoms with Crippen molar-refractivity contribution in [3.05, 3.63) is 34.3 Å². The first-order valence-electron chi connectivity index (χ1n) is 6.15. The SMILES string of the molecule is CC1CC(C)NC([N-]S(=O)(=O)c2ccc(N)cc2)[N-]1.[Ag+]. The molecule has 0 bridgehead atoms. The molecule has 0 saturated carbocycles. The minimum Gasteiger partial charge on any atom is -0.663 e. The van der Waals surface area contributed by atoms with Gasteiger partial charge in [-0.15, -0.1) is 6.04 Å². The molecule has 0 radical (unpaired) electrons. The molecule has 20 heavy (non-hydrogen) atoms. The second-order valence-electron chi connectivity index (χ2n) is 4.82. The van der Waals surface area contributed by atoms with Crippen LogP contribution in [0.2, 0.25) is 0 Å². The second-order valence-corrected chi connectivity index (χ2v) is 6.46. The van der Waals surface area contributed by atoms with E-state index in [0.717, 1.165) is 6.42 Å². The van der Waals surface area contributed by atoms with Gasteiger partial charge < -0.3 is 21.1 Å². The van der Waals surface area contributed by atoms with Gasteiger partial charge in [0.05, 0.1) is 0 Å². The molecular formula is C12H18AgN4O2S-. The van der Waals surface area contributed by atoms with Crippen molar-refractivity contribution >= 4 is 15.7 Å². The van der Waals surface area contributed by atoms with Gasteiger partial charge in [0.15, 0.2) is 0 Å². The largest absolute Gasteiger partial charge is 1.00 e. The van der Waals surface area contributed by atoms with Crippen molar-refractivity contribution in [1.29, 1.82) is 0 Å². The molecule has 0 aromatic heterocycles. The van der Waals surface area contributed by atoms with E-state index in [0.29, 0.717) is 5.69 Å². The number of rotatable bonds is 3. The van der Waals surface area contributed by atoms with Crippen molar-refractivity contribution in [2.24, 2.45) is 0 Å². The van der Waals surface area contributed by atoms with E-state index in [1.54, 1.807) is 12.1 Å². The summed E-state index contributed by atoms with van der Waals surface area (Å²) in [5.41, 5.74) is 6.05. The Hall–Kier alpha value is -0.410. The number of hydrogen-bond donors (Lipinski definition) is 2. The second kappa shape index (κ2) is 7.04. The van der Waals surface area contributed by atoms with Crippen LogP contribution in [0.4, 0.5) is 5.69 Å². The zero-order chi connectivity index (χ0) is 14.0. The molecular weight excluding hydrogens is 372 g/mol. The number of nitrogens with zero attached hydrogens (tertiary/aromatic N) is 2. The molecule has 0 aliphatic carbocycles. The van der Waals surface area contributed by atoms with E-state index in [9.17, 15) is 8.42 Å². The fourth-order valence-electron chi connectivity index (χ4n) is 2.07. The van der Waals surface area contributed by atoms with Gasteiger partial charge >= 0.3 is 22.4 Å². The van der Waals surface area contributed by atoms with E-state index in [1.165, 1.54) is 12.1 Å². The maximum absolute atomic E-state index is 12.1. The zero-order valence-electron chi connectivity index (χ0n) is 11.2. The van der Waals surface area contributed by atoms with Crippen LogP contribution < -0.4 is 11.1 Å². The number of nitrogens with one attached hydrogen (secondary N) is 1. The molecule has 1 heterocycles.